The lowest BCUT2D eigenvalue weighted by molar-refractivity contribution is -0.152. The van der Waals surface area contributed by atoms with Gasteiger partial charge < -0.3 is 25.4 Å². The Morgan fingerprint density at radius 2 is 1.81 bits per heavy atom. The number of amides is 3. The molecule has 3 aromatic rings. The summed E-state index contributed by atoms with van der Waals surface area (Å²) in [6, 6.07) is 15.4. The minimum atomic E-state index is -1.21. The van der Waals surface area contributed by atoms with Crippen molar-refractivity contribution in [3.05, 3.63) is 60.2 Å². The van der Waals surface area contributed by atoms with E-state index in [0.29, 0.717) is 18.5 Å². The summed E-state index contributed by atoms with van der Waals surface area (Å²) in [5, 5.41) is 24.7. The molecular weight excluding hydrogens is 536 g/mol. The highest BCUT2D eigenvalue weighted by molar-refractivity contribution is 5.99. The van der Waals surface area contributed by atoms with Crippen LogP contribution in [0, 0.1) is 23.7 Å². The van der Waals surface area contributed by atoms with Crippen LogP contribution in [0.5, 0.6) is 0 Å². The summed E-state index contributed by atoms with van der Waals surface area (Å²) >= 11 is 0. The van der Waals surface area contributed by atoms with Gasteiger partial charge in [-0.1, -0.05) is 68.4 Å². The monoisotopic (exact) mass is 574 g/mol. The minimum Gasteiger partial charge on any atom is -0.394 e. The zero-order valence-electron chi connectivity index (χ0n) is 24.4. The maximum absolute atomic E-state index is 14.4. The van der Waals surface area contributed by atoms with Crippen molar-refractivity contribution in [2.45, 2.75) is 70.6 Å². The lowest BCUT2D eigenvalue weighted by Gasteiger charge is -2.38. The molecule has 2 aromatic carbocycles. The molecule has 0 radical (unpaired) electrons. The molecule has 3 saturated heterocycles. The van der Waals surface area contributed by atoms with Gasteiger partial charge in [0.2, 0.25) is 17.7 Å². The first-order chi connectivity index (χ1) is 20.1. The Morgan fingerprint density at radius 3 is 2.52 bits per heavy atom. The Morgan fingerprint density at radius 1 is 1.10 bits per heavy atom. The summed E-state index contributed by atoms with van der Waals surface area (Å²) in [5.41, 5.74) is 0.266. The molecule has 3 N–H and O–H groups in total. The first-order valence-corrected chi connectivity index (χ1v) is 14.6. The molecule has 42 heavy (non-hydrogen) atoms. The second kappa shape index (κ2) is 10.5. The third-order valence-corrected chi connectivity index (χ3v) is 9.73. The number of aliphatic hydroxyl groups is 1. The van der Waals surface area contributed by atoms with Gasteiger partial charge in [0.15, 0.2) is 0 Å². The number of carbonyl (C=O) groups excluding carboxylic acids is 3. The van der Waals surface area contributed by atoms with E-state index in [-0.39, 0.29) is 36.9 Å². The van der Waals surface area contributed by atoms with Crippen molar-refractivity contribution >= 4 is 28.8 Å². The number of hydrogen-bond donors (Lipinski definition) is 3. The number of hydrogen-bond acceptors (Lipinski definition) is 7. The normalized spacial score (nSPS) is 30.6. The molecule has 7 atom stereocenters. The third-order valence-electron chi connectivity index (χ3n) is 9.73. The molecule has 4 heterocycles. The van der Waals surface area contributed by atoms with Crippen molar-refractivity contribution in [3.63, 3.8) is 0 Å². The van der Waals surface area contributed by atoms with Crippen LogP contribution in [0.25, 0.3) is 11.0 Å². The van der Waals surface area contributed by atoms with Crippen LogP contribution in [0.4, 0.5) is 0 Å². The topological polar surface area (TPSA) is 139 Å². The third kappa shape index (κ3) is 4.20. The molecule has 222 valence electrons. The van der Waals surface area contributed by atoms with Crippen LogP contribution in [0.15, 0.2) is 54.6 Å². The highest BCUT2D eigenvalue weighted by Gasteiger charge is 2.80. The largest absolute Gasteiger partial charge is 0.394 e. The second-order valence-electron chi connectivity index (χ2n) is 12.4. The number of carbonyl (C=O) groups is 3. The second-order valence-corrected chi connectivity index (χ2v) is 12.4. The number of nitrogens with one attached hydrogen (secondary N) is 2. The van der Waals surface area contributed by atoms with Crippen molar-refractivity contribution in [2.24, 2.45) is 23.7 Å². The highest BCUT2D eigenvalue weighted by atomic mass is 16.5. The number of rotatable bonds is 9. The average Bonchev–Trinajstić information content (AvgIpc) is 3.65. The van der Waals surface area contributed by atoms with Crippen LogP contribution < -0.4 is 10.6 Å². The van der Waals surface area contributed by atoms with Crippen molar-refractivity contribution in [2.75, 3.05) is 6.61 Å². The van der Waals surface area contributed by atoms with E-state index < -0.39 is 41.0 Å². The van der Waals surface area contributed by atoms with Crippen molar-refractivity contribution in [1.82, 2.24) is 30.5 Å². The zero-order valence-corrected chi connectivity index (χ0v) is 24.4. The van der Waals surface area contributed by atoms with Crippen molar-refractivity contribution < 1.29 is 24.2 Å². The number of nitrogens with zero attached hydrogens (tertiary/aromatic N) is 4. The Kier molecular flexibility index (Phi) is 7.05. The maximum atomic E-state index is 14.4. The van der Waals surface area contributed by atoms with Gasteiger partial charge in [-0.15, -0.1) is 5.10 Å². The predicted molar refractivity (Wildman–Crippen MR) is 153 cm³/mol. The first-order valence-electron chi connectivity index (χ1n) is 14.6. The van der Waals surface area contributed by atoms with Gasteiger partial charge >= 0.3 is 0 Å². The van der Waals surface area contributed by atoms with Gasteiger partial charge in [-0.05, 0) is 42.9 Å². The van der Waals surface area contributed by atoms with E-state index >= 15 is 0 Å². The number of aliphatic hydroxyl groups excluding tert-OH is 1. The van der Waals surface area contributed by atoms with Crippen LogP contribution in [0.2, 0.25) is 0 Å². The SMILES string of the molecule is CC(C)[C@H](CO)N1C(=O)[C@@H]2[C@@H](C(=O)NCc3ccccc3)[C@]3(C)OC2(CC3C)C1C(=O)NCn1nnc2ccccc21. The van der Waals surface area contributed by atoms with E-state index in [9.17, 15) is 19.5 Å². The lowest BCUT2D eigenvalue weighted by Crippen LogP contribution is -2.59. The van der Waals surface area contributed by atoms with Crippen LogP contribution in [0.1, 0.15) is 39.7 Å². The van der Waals surface area contributed by atoms with Crippen molar-refractivity contribution in [1.29, 1.82) is 0 Å². The summed E-state index contributed by atoms with van der Waals surface area (Å²) in [6.07, 6.45) is 0.444. The fourth-order valence-corrected chi connectivity index (χ4v) is 7.53. The quantitative estimate of drug-likeness (QED) is 0.355. The summed E-state index contributed by atoms with van der Waals surface area (Å²) in [4.78, 5) is 43.9. The average molecular weight is 575 g/mol. The molecule has 3 fully saturated rings. The smallest absolute Gasteiger partial charge is 0.247 e. The Bertz CT molecular complexity index is 1510. The summed E-state index contributed by atoms with van der Waals surface area (Å²) < 4.78 is 8.37. The van der Waals surface area contributed by atoms with Crippen molar-refractivity contribution in [3.8, 4) is 0 Å². The minimum absolute atomic E-state index is 0.0396. The van der Waals surface area contributed by atoms with Crippen LogP contribution in [0.3, 0.4) is 0 Å². The summed E-state index contributed by atoms with van der Waals surface area (Å²) in [7, 11) is 0. The summed E-state index contributed by atoms with van der Waals surface area (Å²) in [5.74, 6) is -2.88. The number of likely N-dealkylation sites (tertiary alicyclic amines) is 1. The molecule has 1 spiro atoms. The zero-order chi connectivity index (χ0) is 29.8. The fraction of sp³-hybridized carbons (Fsp3) is 0.516. The number of benzene rings is 2. The standard InChI is InChI=1S/C31H38N6O5/c1-18(2)23(16-38)37-26(28(40)33-17-36-22-13-9-8-12-21(22)34-35-36)31-14-19(3)30(4,42-31)24(25(31)29(37)41)27(39)32-15-20-10-6-5-7-11-20/h5-13,18-19,23-26,38H,14-17H2,1-4H3,(H,32,39)(H,33,40)/t19?,23-,24-,25-,26?,30+,31?/m0/s1. The van der Waals surface area contributed by atoms with Gasteiger partial charge in [-0.3, -0.25) is 14.4 Å². The van der Waals surface area contributed by atoms with Gasteiger partial charge in [0, 0.05) is 6.54 Å². The molecular formula is C31H38N6O5. The Hall–Kier alpha value is -3.83. The van der Waals surface area contributed by atoms with Crippen LogP contribution in [-0.2, 0) is 32.3 Å². The van der Waals surface area contributed by atoms with Gasteiger partial charge in [0.25, 0.3) is 0 Å². The molecule has 6 rings (SSSR count). The molecule has 3 unspecified atom stereocenters. The van der Waals surface area contributed by atoms with E-state index in [4.69, 9.17) is 4.74 Å². The molecule has 11 heteroatoms. The number of aromatic nitrogens is 3. The number of para-hydroxylation sites is 1. The molecule has 1 aromatic heterocycles. The van der Waals surface area contributed by atoms with Crippen LogP contribution in [-0.4, -0.2) is 72.6 Å². The first kappa shape index (κ1) is 28.3. The van der Waals surface area contributed by atoms with Gasteiger partial charge in [0.1, 0.15) is 23.8 Å². The summed E-state index contributed by atoms with van der Waals surface area (Å²) in [6.45, 7) is 7.75. The molecule has 2 bridgehead atoms. The highest BCUT2D eigenvalue weighted by Crippen LogP contribution is 2.65. The molecule has 0 saturated carbocycles. The van der Waals surface area contributed by atoms with Gasteiger partial charge in [-0.25, -0.2) is 4.68 Å². The molecule has 3 aliphatic heterocycles. The van der Waals surface area contributed by atoms with E-state index in [1.807, 2.05) is 82.3 Å². The Labute approximate surface area is 244 Å². The predicted octanol–water partition coefficient (Wildman–Crippen LogP) is 1.85. The van der Waals surface area contributed by atoms with Gasteiger partial charge in [-0.2, -0.15) is 0 Å². The maximum Gasteiger partial charge on any atom is 0.247 e. The Balaban J connectivity index is 1.34. The van der Waals surface area contributed by atoms with E-state index in [2.05, 4.69) is 20.9 Å². The van der Waals surface area contributed by atoms with Crippen LogP contribution >= 0.6 is 0 Å². The number of ether oxygens (including phenoxy) is 1. The molecule has 3 amide bonds. The lowest BCUT2D eigenvalue weighted by atomic mass is 9.62. The molecule has 11 nitrogen and oxygen atoms in total. The van der Waals surface area contributed by atoms with Gasteiger partial charge in [0.05, 0.1) is 35.6 Å². The van der Waals surface area contributed by atoms with E-state index in [0.717, 1.165) is 11.1 Å². The molecule has 0 aliphatic carbocycles. The molecule has 3 aliphatic rings. The van der Waals surface area contributed by atoms with E-state index in [1.165, 1.54) is 4.90 Å². The number of fused-ring (bicyclic) bond motifs is 2. The fourth-order valence-electron chi connectivity index (χ4n) is 7.53. The van der Waals surface area contributed by atoms with E-state index in [1.54, 1.807) is 4.68 Å².